The second kappa shape index (κ2) is 9.71. The second-order valence-electron chi connectivity index (χ2n) is 7.45. The molecule has 0 saturated carbocycles. The molecule has 1 fully saturated rings. The van der Waals surface area contributed by atoms with Gasteiger partial charge in [0.05, 0.1) is 12.2 Å². The predicted octanol–water partition coefficient (Wildman–Crippen LogP) is 3.11. The van der Waals surface area contributed by atoms with Gasteiger partial charge in [0.1, 0.15) is 5.69 Å². The van der Waals surface area contributed by atoms with Crippen LogP contribution < -0.4 is 0 Å². The van der Waals surface area contributed by atoms with Crippen LogP contribution in [0.5, 0.6) is 0 Å². The number of ketones is 1. The maximum atomic E-state index is 13.3. The van der Waals surface area contributed by atoms with Gasteiger partial charge in [-0.2, -0.15) is 0 Å². The fourth-order valence-electron chi connectivity index (χ4n) is 4.10. The van der Waals surface area contributed by atoms with Crippen molar-refractivity contribution in [2.24, 2.45) is 0 Å². The Labute approximate surface area is 176 Å². The van der Waals surface area contributed by atoms with Gasteiger partial charge in [-0.3, -0.25) is 9.59 Å². The van der Waals surface area contributed by atoms with Crippen molar-refractivity contribution in [3.8, 4) is 11.1 Å². The summed E-state index contributed by atoms with van der Waals surface area (Å²) in [5.41, 5.74) is 1.89. The molecule has 3 rings (SSSR count). The molecule has 30 heavy (non-hydrogen) atoms. The molecule has 0 unspecified atom stereocenters. The minimum Gasteiger partial charge on any atom is -0.462 e. The molecule has 1 amide bonds. The average Bonchev–Trinajstić information content (AvgIpc) is 3.11. The molecule has 160 valence electrons. The Morgan fingerprint density at radius 2 is 1.93 bits per heavy atom. The molecule has 1 aromatic heterocycles. The van der Waals surface area contributed by atoms with Crippen LogP contribution in [0.25, 0.3) is 11.1 Å². The lowest BCUT2D eigenvalue weighted by Gasteiger charge is -2.35. The lowest BCUT2D eigenvalue weighted by molar-refractivity contribution is -0.130. The topological polar surface area (TPSA) is 99.7 Å². The first-order valence-electron chi connectivity index (χ1n) is 10.4. The maximum Gasteiger partial charge on any atom is 0.340 e. The Kier molecular flexibility index (Phi) is 7.05. The van der Waals surface area contributed by atoms with E-state index in [1.807, 2.05) is 18.2 Å². The van der Waals surface area contributed by atoms with Crippen LogP contribution in [0.2, 0.25) is 0 Å². The van der Waals surface area contributed by atoms with Crippen LogP contribution >= 0.6 is 0 Å². The number of H-pyrrole nitrogens is 1. The summed E-state index contributed by atoms with van der Waals surface area (Å²) in [6.07, 6.45) is 3.00. The highest BCUT2D eigenvalue weighted by atomic mass is 16.5. The Morgan fingerprint density at radius 1 is 1.20 bits per heavy atom. The molecule has 2 N–H and O–H groups in total. The number of nitrogens with one attached hydrogen (secondary N) is 1. The number of hydrogen-bond donors (Lipinski definition) is 2. The van der Waals surface area contributed by atoms with Crippen molar-refractivity contribution in [1.29, 1.82) is 0 Å². The zero-order chi connectivity index (χ0) is 21.7. The fraction of sp³-hybridized carbons (Fsp3) is 0.435. The van der Waals surface area contributed by atoms with Crippen molar-refractivity contribution in [2.45, 2.75) is 45.6 Å². The molecule has 1 atom stereocenters. The number of rotatable bonds is 7. The third kappa shape index (κ3) is 4.31. The lowest BCUT2D eigenvalue weighted by atomic mass is 9.96. The van der Waals surface area contributed by atoms with E-state index in [0.717, 1.165) is 19.3 Å². The number of aliphatic hydroxyl groups is 1. The summed E-state index contributed by atoms with van der Waals surface area (Å²) in [4.78, 5) is 43.6. The number of aromatic nitrogens is 1. The second-order valence-corrected chi connectivity index (χ2v) is 7.45. The zero-order valence-electron chi connectivity index (χ0n) is 17.4. The summed E-state index contributed by atoms with van der Waals surface area (Å²) in [6, 6.07) is 8.90. The molecular weight excluding hydrogens is 384 g/mol. The van der Waals surface area contributed by atoms with Gasteiger partial charge >= 0.3 is 5.97 Å². The van der Waals surface area contributed by atoms with Crippen molar-refractivity contribution >= 4 is 17.7 Å². The van der Waals surface area contributed by atoms with E-state index in [2.05, 4.69) is 4.98 Å². The van der Waals surface area contributed by atoms with E-state index in [-0.39, 0.29) is 30.5 Å². The fourth-order valence-corrected chi connectivity index (χ4v) is 4.10. The Balaban J connectivity index is 2.04. The normalized spacial score (nSPS) is 16.4. The van der Waals surface area contributed by atoms with Gasteiger partial charge in [0.2, 0.25) is 0 Å². The van der Waals surface area contributed by atoms with E-state index in [1.54, 1.807) is 30.9 Å². The van der Waals surface area contributed by atoms with Gasteiger partial charge in [-0.15, -0.1) is 0 Å². The number of esters is 1. The van der Waals surface area contributed by atoms with Crippen LogP contribution in [0.3, 0.4) is 0 Å². The molecular formula is C23H28N2O5. The number of aromatic amines is 1. The quantitative estimate of drug-likeness (QED) is 0.414. The first-order valence-corrected chi connectivity index (χ1v) is 10.4. The van der Waals surface area contributed by atoms with E-state index < -0.39 is 17.7 Å². The van der Waals surface area contributed by atoms with Gasteiger partial charge in [-0.1, -0.05) is 30.3 Å². The number of aryl methyl sites for hydroxylation is 1. The highest BCUT2D eigenvalue weighted by Gasteiger charge is 2.35. The number of likely N-dealkylation sites (tertiary alicyclic amines) is 1. The molecule has 7 nitrogen and oxygen atoms in total. The number of hydrogen-bond acceptors (Lipinski definition) is 5. The molecule has 0 spiro atoms. The van der Waals surface area contributed by atoms with Gasteiger partial charge in [0.25, 0.3) is 11.7 Å². The smallest absolute Gasteiger partial charge is 0.340 e. The Hall–Kier alpha value is -2.93. The third-order valence-corrected chi connectivity index (χ3v) is 5.50. The van der Waals surface area contributed by atoms with Crippen molar-refractivity contribution in [3.05, 3.63) is 47.3 Å². The molecule has 2 heterocycles. The van der Waals surface area contributed by atoms with Crippen molar-refractivity contribution < 1.29 is 24.2 Å². The van der Waals surface area contributed by atoms with E-state index in [4.69, 9.17) is 4.74 Å². The van der Waals surface area contributed by atoms with Gasteiger partial charge in [-0.05, 0) is 45.1 Å². The Morgan fingerprint density at radius 3 is 2.60 bits per heavy atom. The van der Waals surface area contributed by atoms with E-state index >= 15 is 0 Å². The number of ether oxygens (including phenoxy) is 1. The molecule has 2 aromatic rings. The van der Waals surface area contributed by atoms with Crippen molar-refractivity contribution in [2.75, 3.05) is 19.8 Å². The number of carbonyl (C=O) groups is 3. The first-order chi connectivity index (χ1) is 14.5. The number of amides is 1. The van der Waals surface area contributed by atoms with E-state index in [1.165, 1.54) is 0 Å². The van der Waals surface area contributed by atoms with E-state index in [9.17, 15) is 19.5 Å². The van der Waals surface area contributed by atoms with Crippen LogP contribution in [0.1, 0.15) is 59.1 Å². The highest BCUT2D eigenvalue weighted by molar-refractivity contribution is 6.43. The molecule has 0 aliphatic carbocycles. The molecule has 1 saturated heterocycles. The molecule has 7 heteroatoms. The summed E-state index contributed by atoms with van der Waals surface area (Å²) >= 11 is 0. The number of aliphatic hydroxyl groups excluding tert-OH is 1. The van der Waals surface area contributed by atoms with Gasteiger partial charge < -0.3 is 19.7 Å². The average molecular weight is 412 g/mol. The molecule has 0 radical (unpaired) electrons. The van der Waals surface area contributed by atoms with Crippen molar-refractivity contribution in [3.63, 3.8) is 0 Å². The lowest BCUT2D eigenvalue weighted by Crippen LogP contribution is -2.47. The highest BCUT2D eigenvalue weighted by Crippen LogP contribution is 2.32. The Bertz CT molecular complexity index is 917. The predicted molar refractivity (Wildman–Crippen MR) is 112 cm³/mol. The standard InChI is InChI=1S/C23H28N2O5/c1-3-30-23(29)18-15(2)24-20(19(18)16-9-5-4-6-10-16)21(27)22(28)25-13-8-7-11-17(25)12-14-26/h4-6,9-10,17,24,26H,3,7-8,11-14H2,1-2H3/t17-/m0/s1. The van der Waals surface area contributed by atoms with Crippen LogP contribution in [0, 0.1) is 6.92 Å². The van der Waals surface area contributed by atoms with Gasteiger partial charge in [0.15, 0.2) is 0 Å². The molecule has 1 aliphatic heterocycles. The number of piperidine rings is 1. The maximum absolute atomic E-state index is 13.3. The minimum absolute atomic E-state index is 0.0352. The number of nitrogens with zero attached hydrogens (tertiary/aromatic N) is 1. The number of carbonyl (C=O) groups excluding carboxylic acids is 3. The molecule has 1 aliphatic rings. The molecule has 0 bridgehead atoms. The van der Waals surface area contributed by atoms with Crippen molar-refractivity contribution in [1.82, 2.24) is 9.88 Å². The van der Waals surface area contributed by atoms with Gasteiger partial charge in [0, 0.05) is 30.5 Å². The SMILES string of the molecule is CCOC(=O)c1c(C)[nH]c(C(=O)C(=O)N2CCCC[C@H]2CCO)c1-c1ccccc1. The van der Waals surface area contributed by atoms with E-state index in [0.29, 0.717) is 29.8 Å². The largest absolute Gasteiger partial charge is 0.462 e. The summed E-state index contributed by atoms with van der Waals surface area (Å²) in [7, 11) is 0. The monoisotopic (exact) mass is 412 g/mol. The zero-order valence-corrected chi connectivity index (χ0v) is 17.4. The third-order valence-electron chi connectivity index (χ3n) is 5.50. The van der Waals surface area contributed by atoms with Crippen LogP contribution in [0.4, 0.5) is 0 Å². The summed E-state index contributed by atoms with van der Waals surface area (Å²) < 4.78 is 5.20. The van der Waals surface area contributed by atoms with Crippen LogP contribution in [-0.2, 0) is 9.53 Å². The van der Waals surface area contributed by atoms with Crippen LogP contribution in [0.15, 0.2) is 30.3 Å². The van der Waals surface area contributed by atoms with Gasteiger partial charge in [-0.25, -0.2) is 4.79 Å². The first kappa shape index (κ1) is 21.8. The summed E-state index contributed by atoms with van der Waals surface area (Å²) in [6.45, 7) is 4.06. The molecule has 1 aromatic carbocycles. The van der Waals surface area contributed by atoms with Crippen LogP contribution in [-0.4, -0.2) is 58.5 Å². The number of Topliss-reactive ketones (excluding diaryl/α,β-unsaturated/α-hetero) is 1. The summed E-state index contributed by atoms with van der Waals surface area (Å²) in [5, 5.41) is 9.34. The number of benzene rings is 1. The summed E-state index contributed by atoms with van der Waals surface area (Å²) in [5.74, 6) is -1.83. The minimum atomic E-state index is -0.683.